The number of fused-ring (bicyclic) bond motifs is 4. The van der Waals surface area contributed by atoms with Crippen molar-refractivity contribution in [2.45, 2.75) is 45.4 Å². The van der Waals surface area contributed by atoms with Gasteiger partial charge in [-0.15, -0.1) is 0 Å². The van der Waals surface area contributed by atoms with Crippen molar-refractivity contribution >= 4 is 32.7 Å². The summed E-state index contributed by atoms with van der Waals surface area (Å²) in [4.78, 5) is 4.90. The van der Waals surface area contributed by atoms with Gasteiger partial charge in [-0.3, -0.25) is 4.57 Å². The molecule has 0 bridgehead atoms. The minimum absolute atomic E-state index is 0.0109. The van der Waals surface area contributed by atoms with Crippen LogP contribution in [0.25, 0.3) is 44.2 Å². The Morgan fingerprint density at radius 3 is 2.19 bits per heavy atom. The molecule has 3 heterocycles. The highest BCUT2D eigenvalue weighted by atomic mass is 16.5. The molecule has 8 aromatic rings. The zero-order chi connectivity index (χ0) is 33.0. The van der Waals surface area contributed by atoms with Gasteiger partial charge in [0, 0.05) is 46.1 Å². The van der Waals surface area contributed by atoms with E-state index < -0.39 is 0 Å². The first kappa shape index (κ1) is 29.7. The molecular formula is C43H38N4O. The summed E-state index contributed by atoms with van der Waals surface area (Å²) in [6.07, 6.45) is 3.97. The molecule has 236 valence electrons. The zero-order valence-corrected chi connectivity index (χ0v) is 28.0. The molecule has 48 heavy (non-hydrogen) atoms. The molecule has 0 saturated heterocycles. The third-order valence-corrected chi connectivity index (χ3v) is 9.53. The molecule has 0 fully saturated rings. The van der Waals surface area contributed by atoms with Crippen LogP contribution in [0.4, 0.5) is 0 Å². The van der Waals surface area contributed by atoms with Crippen LogP contribution < -0.4 is 4.74 Å². The lowest BCUT2D eigenvalue weighted by Crippen LogP contribution is -2.18. The van der Waals surface area contributed by atoms with Crippen molar-refractivity contribution in [3.8, 4) is 23.0 Å². The van der Waals surface area contributed by atoms with Gasteiger partial charge in [0.1, 0.15) is 17.3 Å². The van der Waals surface area contributed by atoms with Crippen LogP contribution in [0.5, 0.6) is 11.5 Å². The number of aromatic nitrogens is 4. The normalized spacial score (nSPS) is 12.3. The fourth-order valence-electron chi connectivity index (χ4n) is 6.65. The first-order valence-electron chi connectivity index (χ1n) is 16.5. The van der Waals surface area contributed by atoms with E-state index >= 15 is 0 Å². The van der Waals surface area contributed by atoms with E-state index in [-0.39, 0.29) is 10.8 Å². The second kappa shape index (κ2) is 11.2. The molecule has 0 aliphatic rings. The Morgan fingerprint density at radius 1 is 0.583 bits per heavy atom. The van der Waals surface area contributed by atoms with Gasteiger partial charge in [0.2, 0.25) is 0 Å². The summed E-state index contributed by atoms with van der Waals surface area (Å²) in [7, 11) is 0. The second-order valence-corrected chi connectivity index (χ2v) is 14.1. The van der Waals surface area contributed by atoms with Crippen molar-refractivity contribution in [1.29, 1.82) is 0 Å². The molecule has 0 spiro atoms. The highest BCUT2D eigenvalue weighted by molar-refractivity contribution is 6.09. The summed E-state index contributed by atoms with van der Waals surface area (Å²) in [6, 6.07) is 44.5. The lowest BCUT2D eigenvalue weighted by Gasteiger charge is -2.26. The molecule has 0 N–H and O–H groups in total. The maximum Gasteiger partial charge on any atom is 0.137 e. The van der Waals surface area contributed by atoms with Crippen LogP contribution in [-0.2, 0) is 10.8 Å². The number of pyridine rings is 1. The van der Waals surface area contributed by atoms with E-state index in [2.05, 4.69) is 124 Å². The lowest BCUT2D eigenvalue weighted by molar-refractivity contribution is 0.483. The van der Waals surface area contributed by atoms with E-state index in [1.54, 1.807) is 0 Å². The number of rotatable bonds is 6. The molecule has 8 rings (SSSR count). The molecule has 5 nitrogen and oxygen atoms in total. The standard InChI is InChI=1S/C43H38N4O/c1-42(2,3)31-22-23-44-41(25-31)47-39-21-18-32(43(4,5)30-13-7-6-8-14-30)24-37(39)36-20-19-35(27-40(36)47)48-34-16-11-15-33(26-34)46-28-29-12-9-10-17-38(29)45-46/h6-28H,1-5H3. The van der Waals surface area contributed by atoms with Gasteiger partial charge in [-0.1, -0.05) is 95.3 Å². The summed E-state index contributed by atoms with van der Waals surface area (Å²) in [5.74, 6) is 2.39. The van der Waals surface area contributed by atoms with Crippen LogP contribution in [0.15, 0.2) is 140 Å². The summed E-state index contributed by atoms with van der Waals surface area (Å²) in [5.41, 5.74) is 7.67. The molecule has 5 aromatic carbocycles. The monoisotopic (exact) mass is 626 g/mol. The van der Waals surface area contributed by atoms with Crippen molar-refractivity contribution in [3.05, 3.63) is 156 Å². The summed E-state index contributed by atoms with van der Waals surface area (Å²) in [5, 5.41) is 8.20. The first-order valence-corrected chi connectivity index (χ1v) is 16.5. The number of hydrogen-bond donors (Lipinski definition) is 0. The molecule has 5 heteroatoms. The van der Waals surface area contributed by atoms with Gasteiger partial charge in [0.25, 0.3) is 0 Å². The Hall–Kier alpha value is -5.68. The third kappa shape index (κ3) is 5.22. The van der Waals surface area contributed by atoms with Crippen LogP contribution >= 0.6 is 0 Å². The third-order valence-electron chi connectivity index (χ3n) is 9.53. The van der Waals surface area contributed by atoms with E-state index in [0.717, 1.165) is 50.3 Å². The lowest BCUT2D eigenvalue weighted by atomic mass is 9.78. The van der Waals surface area contributed by atoms with Crippen LogP contribution in [0.2, 0.25) is 0 Å². The van der Waals surface area contributed by atoms with E-state index in [0.29, 0.717) is 0 Å². The predicted molar refractivity (Wildman–Crippen MR) is 197 cm³/mol. The van der Waals surface area contributed by atoms with Crippen molar-refractivity contribution < 1.29 is 4.74 Å². The quantitative estimate of drug-likeness (QED) is 0.184. The van der Waals surface area contributed by atoms with Crippen LogP contribution in [0, 0.1) is 0 Å². The Bertz CT molecular complexity index is 2410. The highest BCUT2D eigenvalue weighted by Crippen LogP contribution is 2.39. The molecular weight excluding hydrogens is 589 g/mol. The minimum atomic E-state index is -0.164. The number of hydrogen-bond acceptors (Lipinski definition) is 3. The number of benzene rings is 5. The molecule has 0 radical (unpaired) electrons. The maximum atomic E-state index is 6.55. The fraction of sp³-hybridized carbons (Fsp3) is 0.163. The molecule has 0 atom stereocenters. The highest BCUT2D eigenvalue weighted by Gasteiger charge is 2.25. The van der Waals surface area contributed by atoms with Crippen LogP contribution in [0.3, 0.4) is 0 Å². The van der Waals surface area contributed by atoms with Gasteiger partial charge in [-0.05, 0) is 76.7 Å². The van der Waals surface area contributed by atoms with Gasteiger partial charge >= 0.3 is 0 Å². The van der Waals surface area contributed by atoms with E-state index in [1.165, 1.54) is 22.1 Å². The Labute approximate surface area is 281 Å². The van der Waals surface area contributed by atoms with E-state index in [4.69, 9.17) is 14.8 Å². The Morgan fingerprint density at radius 2 is 1.38 bits per heavy atom. The van der Waals surface area contributed by atoms with E-state index in [9.17, 15) is 0 Å². The van der Waals surface area contributed by atoms with Crippen molar-refractivity contribution in [2.75, 3.05) is 0 Å². The molecule has 0 saturated carbocycles. The maximum absolute atomic E-state index is 6.55. The summed E-state index contributed by atoms with van der Waals surface area (Å²) >= 11 is 0. The Balaban J connectivity index is 1.26. The molecule has 0 aliphatic carbocycles. The Kier molecular flexibility index (Phi) is 6.95. The van der Waals surface area contributed by atoms with Gasteiger partial charge in [0.15, 0.2) is 0 Å². The fourth-order valence-corrected chi connectivity index (χ4v) is 6.65. The first-order chi connectivity index (χ1) is 23.1. The van der Waals surface area contributed by atoms with Gasteiger partial charge in [0.05, 0.1) is 22.2 Å². The van der Waals surface area contributed by atoms with Gasteiger partial charge < -0.3 is 4.74 Å². The van der Waals surface area contributed by atoms with Gasteiger partial charge in [-0.2, -0.15) is 5.10 Å². The van der Waals surface area contributed by atoms with Crippen LogP contribution in [0.1, 0.15) is 51.3 Å². The molecule has 0 amide bonds. The van der Waals surface area contributed by atoms with E-state index in [1.807, 2.05) is 59.5 Å². The minimum Gasteiger partial charge on any atom is -0.457 e. The second-order valence-electron chi connectivity index (χ2n) is 14.1. The number of nitrogens with zero attached hydrogens (tertiary/aromatic N) is 4. The molecule has 3 aromatic heterocycles. The average molecular weight is 627 g/mol. The van der Waals surface area contributed by atoms with Crippen LogP contribution in [-0.4, -0.2) is 19.3 Å². The van der Waals surface area contributed by atoms with Crippen molar-refractivity contribution in [3.63, 3.8) is 0 Å². The molecule has 0 unspecified atom stereocenters. The van der Waals surface area contributed by atoms with Gasteiger partial charge in [-0.25, -0.2) is 9.67 Å². The van der Waals surface area contributed by atoms with Crippen molar-refractivity contribution in [1.82, 2.24) is 19.3 Å². The SMILES string of the molecule is CC(C)(C)c1ccnc(-n2c3ccc(C(C)(C)c4ccccc4)cc3c3ccc(Oc4cccc(-n5cc6ccccc6n5)c4)cc32)c1. The topological polar surface area (TPSA) is 44.9 Å². The largest absolute Gasteiger partial charge is 0.457 e. The zero-order valence-electron chi connectivity index (χ0n) is 28.0. The summed E-state index contributed by atoms with van der Waals surface area (Å²) < 4.78 is 10.7. The molecule has 0 aliphatic heterocycles. The average Bonchev–Trinajstić information content (AvgIpc) is 3.67. The van der Waals surface area contributed by atoms with Crippen molar-refractivity contribution in [2.24, 2.45) is 0 Å². The summed E-state index contributed by atoms with van der Waals surface area (Å²) in [6.45, 7) is 11.3. The smallest absolute Gasteiger partial charge is 0.137 e. The predicted octanol–water partition coefficient (Wildman–Crippen LogP) is 10.9. The number of ether oxygens (including phenoxy) is 1.